The van der Waals surface area contributed by atoms with Crippen molar-refractivity contribution in [2.24, 2.45) is 0 Å². The Hall–Kier alpha value is -1.32. The Labute approximate surface area is 260 Å². The van der Waals surface area contributed by atoms with Crippen molar-refractivity contribution in [1.29, 1.82) is 0 Å². The molecule has 1 fully saturated rings. The van der Waals surface area contributed by atoms with Gasteiger partial charge in [0.25, 0.3) is 0 Å². The lowest BCUT2D eigenvalue weighted by Gasteiger charge is -2.22. The predicted octanol–water partition coefficient (Wildman–Crippen LogP) is 6.59. The number of ketones is 1. The number of hydrogen-bond donors (Lipinski definition) is 4. The molecule has 1 saturated heterocycles. The summed E-state index contributed by atoms with van der Waals surface area (Å²) in [5.41, 5.74) is 0.310. The maximum Gasteiger partial charge on any atom is 0.336 e. The first-order valence-electron chi connectivity index (χ1n) is 17.5. The van der Waals surface area contributed by atoms with Crippen molar-refractivity contribution in [3.63, 3.8) is 0 Å². The zero-order valence-corrected chi connectivity index (χ0v) is 27.1. The summed E-state index contributed by atoms with van der Waals surface area (Å²) in [6.07, 6.45) is 20.6. The van der Waals surface area contributed by atoms with E-state index in [1.54, 1.807) is 0 Å². The number of unbranched alkanes of at least 4 members (excludes halogenated alkanes) is 12. The smallest absolute Gasteiger partial charge is 0.336 e. The van der Waals surface area contributed by atoms with Gasteiger partial charge in [0, 0.05) is 31.8 Å². The minimum Gasteiger partial charge on any atom is -0.426 e. The number of esters is 1. The van der Waals surface area contributed by atoms with Crippen LogP contribution in [0.2, 0.25) is 0 Å². The van der Waals surface area contributed by atoms with Crippen molar-refractivity contribution in [2.45, 2.75) is 198 Å². The first-order valence-corrected chi connectivity index (χ1v) is 17.5. The van der Waals surface area contributed by atoms with Crippen LogP contribution in [0.4, 0.5) is 0 Å². The van der Waals surface area contributed by atoms with Gasteiger partial charge in [0.15, 0.2) is 0 Å². The van der Waals surface area contributed by atoms with E-state index in [4.69, 9.17) is 9.47 Å². The number of aliphatic hydroxyl groups is 4. The molecule has 0 aromatic rings. The van der Waals surface area contributed by atoms with E-state index in [2.05, 4.69) is 6.92 Å². The SMILES string of the molecule is CCCCCCCCCCCC[C@@H](O)[C@H]1CC[C@H]([C@H](O)CCCC(=O)CCCCCC[C@@H](O)CC2=CC(C)(O)OC2=O)O1. The molecule has 4 N–H and O–H groups in total. The third-order valence-electron chi connectivity index (χ3n) is 8.95. The number of Topliss-reactive ketones (excluding diaryl/α,β-unsaturated/α-hetero) is 1. The van der Waals surface area contributed by atoms with Gasteiger partial charge < -0.3 is 29.9 Å². The normalized spacial score (nSPS) is 24.1. The Bertz CT molecular complexity index is 810. The van der Waals surface area contributed by atoms with Crippen LogP contribution in [0.5, 0.6) is 0 Å². The summed E-state index contributed by atoms with van der Waals surface area (Å²) in [5.74, 6) is -1.95. The van der Waals surface area contributed by atoms with Crippen molar-refractivity contribution >= 4 is 11.8 Å². The Morgan fingerprint density at radius 3 is 1.84 bits per heavy atom. The van der Waals surface area contributed by atoms with Crippen LogP contribution in [-0.2, 0) is 19.1 Å². The van der Waals surface area contributed by atoms with E-state index in [1.807, 2.05) is 0 Å². The maximum absolute atomic E-state index is 12.3. The van der Waals surface area contributed by atoms with Crippen LogP contribution < -0.4 is 0 Å². The standard InChI is InChI=1S/C35H62O8/c1-3-4-5-6-7-8-9-10-11-16-21-30(38)32-23-24-33(42-32)31(39)22-17-20-28(36)18-14-12-13-15-19-29(37)25-27-26-35(2,41)43-34(27)40/h26,29-33,37-39,41H,3-25H2,1-2H3/t29-,30-,31-,32-,33-,35?/m1/s1. The lowest BCUT2D eigenvalue weighted by Crippen LogP contribution is -2.31. The summed E-state index contributed by atoms with van der Waals surface area (Å²) in [5, 5.41) is 41.1. The molecule has 6 atom stereocenters. The number of carbonyl (C=O) groups excluding carboxylic acids is 2. The van der Waals surface area contributed by atoms with E-state index in [0.29, 0.717) is 37.7 Å². The number of hydrogen-bond acceptors (Lipinski definition) is 8. The van der Waals surface area contributed by atoms with E-state index < -0.39 is 30.1 Å². The highest BCUT2D eigenvalue weighted by atomic mass is 16.7. The molecule has 2 rings (SSSR count). The molecular formula is C35H62O8. The molecule has 0 saturated carbocycles. The molecule has 8 nitrogen and oxygen atoms in total. The van der Waals surface area contributed by atoms with E-state index in [0.717, 1.165) is 57.8 Å². The van der Waals surface area contributed by atoms with Crippen molar-refractivity contribution < 1.29 is 39.5 Å². The summed E-state index contributed by atoms with van der Waals surface area (Å²) >= 11 is 0. The average molecular weight is 611 g/mol. The first kappa shape index (κ1) is 37.9. The van der Waals surface area contributed by atoms with E-state index in [-0.39, 0.29) is 24.4 Å². The highest BCUT2D eigenvalue weighted by Crippen LogP contribution is 2.29. The molecule has 2 heterocycles. The molecule has 0 aromatic heterocycles. The highest BCUT2D eigenvalue weighted by Gasteiger charge is 2.35. The monoisotopic (exact) mass is 610 g/mol. The van der Waals surface area contributed by atoms with E-state index >= 15 is 0 Å². The van der Waals surface area contributed by atoms with Gasteiger partial charge in [-0.2, -0.15) is 0 Å². The Morgan fingerprint density at radius 2 is 1.28 bits per heavy atom. The van der Waals surface area contributed by atoms with Gasteiger partial charge in [-0.05, 0) is 51.0 Å². The fourth-order valence-electron chi connectivity index (χ4n) is 6.32. The predicted molar refractivity (Wildman–Crippen MR) is 168 cm³/mol. The minimum atomic E-state index is -1.58. The molecule has 1 unspecified atom stereocenters. The van der Waals surface area contributed by atoms with Crippen LogP contribution in [-0.4, -0.2) is 68.5 Å². The third kappa shape index (κ3) is 16.5. The summed E-state index contributed by atoms with van der Waals surface area (Å²) in [7, 11) is 0. The Kier molecular flexibility index (Phi) is 18.9. The molecule has 0 amide bonds. The van der Waals surface area contributed by atoms with Crippen LogP contribution in [0, 0.1) is 0 Å². The molecule has 2 aliphatic heterocycles. The van der Waals surface area contributed by atoms with Crippen molar-refractivity contribution in [1.82, 2.24) is 0 Å². The first-order chi connectivity index (χ1) is 20.6. The number of carbonyl (C=O) groups is 2. The molecule has 0 spiro atoms. The van der Waals surface area contributed by atoms with E-state index in [9.17, 15) is 30.0 Å². The van der Waals surface area contributed by atoms with Crippen LogP contribution >= 0.6 is 0 Å². The Balaban J connectivity index is 1.43. The van der Waals surface area contributed by atoms with Gasteiger partial charge in [-0.15, -0.1) is 0 Å². The molecule has 0 aromatic carbocycles. The minimum absolute atomic E-state index is 0.172. The van der Waals surface area contributed by atoms with E-state index in [1.165, 1.54) is 64.4 Å². The number of rotatable bonds is 26. The molecule has 8 heteroatoms. The largest absolute Gasteiger partial charge is 0.426 e. The molecule has 0 radical (unpaired) electrons. The molecule has 43 heavy (non-hydrogen) atoms. The van der Waals surface area contributed by atoms with Crippen molar-refractivity contribution in [2.75, 3.05) is 0 Å². The molecule has 250 valence electrons. The van der Waals surface area contributed by atoms with Crippen molar-refractivity contribution in [3.05, 3.63) is 11.6 Å². The van der Waals surface area contributed by atoms with Gasteiger partial charge in [-0.1, -0.05) is 90.4 Å². The van der Waals surface area contributed by atoms with Gasteiger partial charge in [0.05, 0.1) is 30.5 Å². The van der Waals surface area contributed by atoms with Gasteiger partial charge in [-0.25, -0.2) is 4.79 Å². The third-order valence-corrected chi connectivity index (χ3v) is 8.95. The van der Waals surface area contributed by atoms with Crippen LogP contribution in [0.3, 0.4) is 0 Å². The highest BCUT2D eigenvalue weighted by molar-refractivity contribution is 5.91. The van der Waals surface area contributed by atoms with Gasteiger partial charge >= 0.3 is 5.97 Å². The topological polar surface area (TPSA) is 134 Å². The molecule has 0 bridgehead atoms. The lowest BCUT2D eigenvalue weighted by molar-refractivity contribution is -0.173. The lowest BCUT2D eigenvalue weighted by atomic mass is 9.99. The summed E-state index contributed by atoms with van der Waals surface area (Å²) in [6, 6.07) is 0. The zero-order valence-electron chi connectivity index (χ0n) is 27.1. The van der Waals surface area contributed by atoms with Crippen LogP contribution in [0.25, 0.3) is 0 Å². The fourth-order valence-corrected chi connectivity index (χ4v) is 6.32. The average Bonchev–Trinajstić information content (AvgIpc) is 3.55. The number of ether oxygens (including phenoxy) is 2. The van der Waals surface area contributed by atoms with Gasteiger partial charge in [0.2, 0.25) is 5.79 Å². The number of cyclic esters (lactones) is 1. The maximum atomic E-state index is 12.3. The Morgan fingerprint density at radius 1 is 0.791 bits per heavy atom. The van der Waals surface area contributed by atoms with Gasteiger partial charge in [0.1, 0.15) is 5.78 Å². The second kappa shape index (κ2) is 21.4. The second-order valence-electron chi connectivity index (χ2n) is 13.3. The summed E-state index contributed by atoms with van der Waals surface area (Å²) < 4.78 is 10.8. The molecule has 2 aliphatic rings. The molecular weight excluding hydrogens is 548 g/mol. The quantitative estimate of drug-likeness (QED) is 0.0637. The summed E-state index contributed by atoms with van der Waals surface area (Å²) in [4.78, 5) is 24.0. The zero-order chi connectivity index (χ0) is 31.5. The number of aliphatic hydroxyl groups excluding tert-OH is 3. The fraction of sp³-hybridized carbons (Fsp3) is 0.886. The van der Waals surface area contributed by atoms with Crippen LogP contribution in [0.1, 0.15) is 162 Å². The molecule has 0 aliphatic carbocycles. The summed E-state index contributed by atoms with van der Waals surface area (Å²) in [6.45, 7) is 3.64. The van der Waals surface area contributed by atoms with Crippen LogP contribution in [0.15, 0.2) is 11.6 Å². The van der Waals surface area contributed by atoms with Gasteiger partial charge in [-0.3, -0.25) is 4.79 Å². The van der Waals surface area contributed by atoms with Crippen molar-refractivity contribution in [3.8, 4) is 0 Å². The second-order valence-corrected chi connectivity index (χ2v) is 13.3.